The molecule has 0 atom stereocenters. The maximum Gasteiger partial charge on any atom is 0.0705 e. The molecule has 2 N–H and O–H groups in total. The van der Waals surface area contributed by atoms with Crippen molar-refractivity contribution < 1.29 is 0 Å². The molecule has 2 heterocycles. The minimum atomic E-state index is 0.652. The quantitative estimate of drug-likeness (QED) is 0.941. The number of aromatic nitrogens is 2. The fourth-order valence-corrected chi connectivity index (χ4v) is 2.98. The van der Waals surface area contributed by atoms with Gasteiger partial charge in [-0.3, -0.25) is 4.68 Å². The Morgan fingerprint density at radius 2 is 2.33 bits per heavy atom. The van der Waals surface area contributed by atoms with E-state index in [1.165, 1.54) is 16.1 Å². The third-order valence-electron chi connectivity index (χ3n) is 2.28. The first kappa shape index (κ1) is 10.9. The zero-order chi connectivity index (χ0) is 10.8. The number of halogens is 1. The number of nitrogens with two attached hydrogens (primary N) is 1. The van der Waals surface area contributed by atoms with Gasteiger partial charge in [-0.05, 0) is 34.6 Å². The van der Waals surface area contributed by atoms with Crippen molar-refractivity contribution in [2.75, 3.05) is 6.54 Å². The number of nitrogens with zero attached hydrogens (tertiary/aromatic N) is 2. The summed E-state index contributed by atoms with van der Waals surface area (Å²) in [5.74, 6) is 0. The molecule has 2 rings (SSSR count). The fourth-order valence-electron chi connectivity index (χ4n) is 1.56. The van der Waals surface area contributed by atoms with Crippen molar-refractivity contribution in [1.29, 1.82) is 0 Å². The van der Waals surface area contributed by atoms with Gasteiger partial charge in [-0.2, -0.15) is 5.10 Å². The van der Waals surface area contributed by atoms with Gasteiger partial charge in [0.2, 0.25) is 0 Å². The molecule has 2 aromatic rings. The summed E-state index contributed by atoms with van der Waals surface area (Å²) in [4.78, 5) is 1.23. The normalized spacial score (nSPS) is 10.9. The SMILES string of the molecule is Cn1ncc(-c2ccc(Br)s2)c1CCN. The van der Waals surface area contributed by atoms with E-state index < -0.39 is 0 Å². The third kappa shape index (κ3) is 2.14. The van der Waals surface area contributed by atoms with Crippen molar-refractivity contribution in [1.82, 2.24) is 9.78 Å². The summed E-state index contributed by atoms with van der Waals surface area (Å²) in [5.41, 5.74) is 7.99. The number of hydrogen-bond acceptors (Lipinski definition) is 3. The Morgan fingerprint density at radius 1 is 1.53 bits per heavy atom. The van der Waals surface area contributed by atoms with E-state index in [0.717, 1.165) is 10.2 Å². The molecule has 80 valence electrons. The van der Waals surface area contributed by atoms with Gasteiger partial charge in [0.15, 0.2) is 0 Å². The van der Waals surface area contributed by atoms with E-state index in [4.69, 9.17) is 5.73 Å². The second-order valence-electron chi connectivity index (χ2n) is 3.27. The van der Waals surface area contributed by atoms with Gasteiger partial charge in [0.1, 0.15) is 0 Å². The fraction of sp³-hybridized carbons (Fsp3) is 0.300. The van der Waals surface area contributed by atoms with Crippen LogP contribution in [0.1, 0.15) is 5.69 Å². The molecule has 2 aromatic heterocycles. The molecule has 3 nitrogen and oxygen atoms in total. The summed E-state index contributed by atoms with van der Waals surface area (Å²) >= 11 is 5.18. The molecule has 0 amide bonds. The van der Waals surface area contributed by atoms with Gasteiger partial charge in [0.05, 0.1) is 9.98 Å². The summed E-state index contributed by atoms with van der Waals surface area (Å²) in [6.45, 7) is 0.652. The molecular formula is C10H12BrN3S. The number of aryl methyl sites for hydroxylation is 1. The summed E-state index contributed by atoms with van der Waals surface area (Å²) in [5, 5.41) is 4.27. The van der Waals surface area contributed by atoms with E-state index in [1.807, 2.05) is 17.9 Å². The highest BCUT2D eigenvalue weighted by Crippen LogP contribution is 2.33. The Morgan fingerprint density at radius 3 is 2.93 bits per heavy atom. The molecule has 0 bridgehead atoms. The second kappa shape index (κ2) is 4.47. The lowest BCUT2D eigenvalue weighted by Gasteiger charge is -2.02. The lowest BCUT2D eigenvalue weighted by molar-refractivity contribution is 0.707. The highest BCUT2D eigenvalue weighted by atomic mass is 79.9. The topological polar surface area (TPSA) is 43.8 Å². The van der Waals surface area contributed by atoms with Gasteiger partial charge >= 0.3 is 0 Å². The molecule has 0 spiro atoms. The molecule has 15 heavy (non-hydrogen) atoms. The van der Waals surface area contributed by atoms with Crippen molar-refractivity contribution in [3.8, 4) is 10.4 Å². The van der Waals surface area contributed by atoms with E-state index in [0.29, 0.717) is 6.54 Å². The first-order valence-corrected chi connectivity index (χ1v) is 6.30. The Bertz CT molecular complexity index is 461. The molecule has 0 aliphatic carbocycles. The average Bonchev–Trinajstić information content (AvgIpc) is 2.76. The molecule has 0 aliphatic rings. The van der Waals surface area contributed by atoms with Crippen LogP contribution in [0.15, 0.2) is 22.1 Å². The van der Waals surface area contributed by atoms with E-state index in [2.05, 4.69) is 33.2 Å². The smallest absolute Gasteiger partial charge is 0.0705 e. The Hall–Kier alpha value is -0.650. The van der Waals surface area contributed by atoms with Gasteiger partial charge in [0, 0.05) is 29.6 Å². The highest BCUT2D eigenvalue weighted by Gasteiger charge is 2.11. The van der Waals surface area contributed by atoms with Gasteiger partial charge in [0.25, 0.3) is 0 Å². The van der Waals surface area contributed by atoms with Crippen LogP contribution in [0.4, 0.5) is 0 Å². The first-order valence-electron chi connectivity index (χ1n) is 4.69. The Labute approximate surface area is 101 Å². The predicted molar refractivity (Wildman–Crippen MR) is 67.0 cm³/mol. The standard InChI is InChI=1S/C10H12BrN3S/c1-14-8(4-5-12)7(6-13-14)9-2-3-10(11)15-9/h2-3,6H,4-5,12H2,1H3. The van der Waals surface area contributed by atoms with E-state index in [1.54, 1.807) is 11.3 Å². The molecule has 5 heteroatoms. The van der Waals surface area contributed by atoms with Gasteiger partial charge in [-0.1, -0.05) is 0 Å². The summed E-state index contributed by atoms with van der Waals surface area (Å²) in [7, 11) is 1.96. The van der Waals surface area contributed by atoms with Crippen LogP contribution in [-0.4, -0.2) is 16.3 Å². The van der Waals surface area contributed by atoms with E-state index in [9.17, 15) is 0 Å². The zero-order valence-electron chi connectivity index (χ0n) is 8.40. The number of hydrogen-bond donors (Lipinski definition) is 1. The van der Waals surface area contributed by atoms with Crippen molar-refractivity contribution >= 4 is 27.3 Å². The minimum absolute atomic E-state index is 0.652. The van der Waals surface area contributed by atoms with Crippen molar-refractivity contribution in [3.05, 3.63) is 27.8 Å². The van der Waals surface area contributed by atoms with E-state index in [-0.39, 0.29) is 0 Å². The monoisotopic (exact) mass is 285 g/mol. The van der Waals surface area contributed by atoms with Crippen molar-refractivity contribution in [3.63, 3.8) is 0 Å². The van der Waals surface area contributed by atoms with Gasteiger partial charge in [-0.25, -0.2) is 0 Å². The predicted octanol–water partition coefficient (Wildman–Crippen LogP) is 2.41. The summed E-state index contributed by atoms with van der Waals surface area (Å²) < 4.78 is 3.04. The van der Waals surface area contributed by atoms with Gasteiger partial charge < -0.3 is 5.73 Å². The summed E-state index contributed by atoms with van der Waals surface area (Å²) in [6.07, 6.45) is 2.77. The molecule has 0 fully saturated rings. The summed E-state index contributed by atoms with van der Waals surface area (Å²) in [6, 6.07) is 4.16. The molecule has 0 aliphatic heterocycles. The maximum atomic E-state index is 5.59. The lowest BCUT2D eigenvalue weighted by Crippen LogP contribution is -2.08. The van der Waals surface area contributed by atoms with E-state index >= 15 is 0 Å². The molecule has 0 radical (unpaired) electrons. The molecule has 0 unspecified atom stereocenters. The zero-order valence-corrected chi connectivity index (χ0v) is 10.8. The van der Waals surface area contributed by atoms with Crippen LogP contribution in [0.25, 0.3) is 10.4 Å². The number of thiophene rings is 1. The Balaban J connectivity index is 2.43. The van der Waals surface area contributed by atoms with Crippen LogP contribution in [0, 0.1) is 0 Å². The molecule has 0 saturated heterocycles. The van der Waals surface area contributed by atoms with Crippen LogP contribution in [-0.2, 0) is 13.5 Å². The average molecular weight is 286 g/mol. The minimum Gasteiger partial charge on any atom is -0.330 e. The molecule has 0 saturated carbocycles. The third-order valence-corrected chi connectivity index (χ3v) is 3.94. The largest absolute Gasteiger partial charge is 0.330 e. The molecular weight excluding hydrogens is 274 g/mol. The van der Waals surface area contributed by atoms with Crippen LogP contribution >= 0.6 is 27.3 Å². The molecule has 0 aromatic carbocycles. The lowest BCUT2D eigenvalue weighted by atomic mass is 10.1. The van der Waals surface area contributed by atoms with Crippen LogP contribution in [0.5, 0.6) is 0 Å². The number of rotatable bonds is 3. The van der Waals surface area contributed by atoms with Crippen molar-refractivity contribution in [2.24, 2.45) is 12.8 Å². The highest BCUT2D eigenvalue weighted by molar-refractivity contribution is 9.11. The van der Waals surface area contributed by atoms with Crippen LogP contribution < -0.4 is 5.73 Å². The first-order chi connectivity index (χ1) is 7.22. The van der Waals surface area contributed by atoms with Crippen LogP contribution in [0.2, 0.25) is 0 Å². The maximum absolute atomic E-state index is 5.59. The van der Waals surface area contributed by atoms with Crippen molar-refractivity contribution in [2.45, 2.75) is 6.42 Å². The van der Waals surface area contributed by atoms with Crippen LogP contribution in [0.3, 0.4) is 0 Å². The Kier molecular flexibility index (Phi) is 3.23. The second-order valence-corrected chi connectivity index (χ2v) is 5.73. The van der Waals surface area contributed by atoms with Gasteiger partial charge in [-0.15, -0.1) is 11.3 Å².